The van der Waals surface area contributed by atoms with Gasteiger partial charge in [-0.3, -0.25) is 4.79 Å². The molecule has 0 fully saturated rings. The van der Waals surface area contributed by atoms with Crippen molar-refractivity contribution in [2.75, 3.05) is 13.7 Å². The second-order valence-electron chi connectivity index (χ2n) is 5.96. The quantitative estimate of drug-likeness (QED) is 0.554. The van der Waals surface area contributed by atoms with Crippen LogP contribution in [0, 0.1) is 0 Å². The largest absolute Gasteiger partial charge is 0.497 e. The summed E-state index contributed by atoms with van der Waals surface area (Å²) in [4.78, 5) is 12.3. The monoisotopic (exact) mass is 370 g/mol. The summed E-state index contributed by atoms with van der Waals surface area (Å²) in [5.41, 5.74) is 0. The lowest BCUT2D eigenvalue weighted by atomic mass is 10.1. The summed E-state index contributed by atoms with van der Waals surface area (Å²) in [5, 5.41) is 2.82. The van der Waals surface area contributed by atoms with Gasteiger partial charge in [-0.15, -0.1) is 0 Å². The van der Waals surface area contributed by atoms with Crippen LogP contribution >= 0.6 is 0 Å². The lowest BCUT2D eigenvalue weighted by Crippen LogP contribution is -2.46. The van der Waals surface area contributed by atoms with Crippen molar-refractivity contribution in [3.05, 3.63) is 24.3 Å². The number of carbonyl (C=O) groups is 1. The van der Waals surface area contributed by atoms with Crippen molar-refractivity contribution in [2.45, 2.75) is 63.3 Å². The number of unbranched alkanes of at least 4 members (excludes halogenated alkanes) is 4. The van der Waals surface area contributed by atoms with Crippen molar-refractivity contribution < 1.29 is 17.9 Å². The summed E-state index contributed by atoms with van der Waals surface area (Å²) < 4.78 is 32.3. The van der Waals surface area contributed by atoms with Gasteiger partial charge in [0, 0.05) is 6.54 Å². The molecule has 25 heavy (non-hydrogen) atoms. The van der Waals surface area contributed by atoms with E-state index < -0.39 is 16.1 Å². The van der Waals surface area contributed by atoms with E-state index in [0.717, 1.165) is 19.3 Å². The molecule has 0 unspecified atom stereocenters. The maximum absolute atomic E-state index is 12.4. The van der Waals surface area contributed by atoms with Crippen molar-refractivity contribution in [3.8, 4) is 5.75 Å². The van der Waals surface area contributed by atoms with Gasteiger partial charge in [0.1, 0.15) is 11.8 Å². The van der Waals surface area contributed by atoms with E-state index in [9.17, 15) is 13.2 Å². The zero-order valence-corrected chi connectivity index (χ0v) is 16.2. The van der Waals surface area contributed by atoms with Crippen LogP contribution in [0.3, 0.4) is 0 Å². The Morgan fingerprint density at radius 1 is 1.08 bits per heavy atom. The van der Waals surface area contributed by atoms with Crippen molar-refractivity contribution in [3.63, 3.8) is 0 Å². The fourth-order valence-electron chi connectivity index (χ4n) is 2.40. The van der Waals surface area contributed by atoms with E-state index >= 15 is 0 Å². The molecule has 1 atom stereocenters. The molecule has 0 aliphatic heterocycles. The minimum atomic E-state index is -3.75. The molecule has 1 aromatic carbocycles. The summed E-state index contributed by atoms with van der Waals surface area (Å²) >= 11 is 0. The zero-order valence-electron chi connectivity index (χ0n) is 15.4. The van der Waals surface area contributed by atoms with Gasteiger partial charge < -0.3 is 10.1 Å². The lowest BCUT2D eigenvalue weighted by molar-refractivity contribution is -0.122. The molecular weight excluding hydrogens is 340 g/mol. The summed E-state index contributed by atoms with van der Waals surface area (Å²) in [7, 11) is -2.24. The molecule has 0 aliphatic carbocycles. The Hall–Kier alpha value is -1.60. The highest BCUT2D eigenvalue weighted by Crippen LogP contribution is 2.16. The van der Waals surface area contributed by atoms with Gasteiger partial charge in [0.25, 0.3) is 0 Å². The van der Waals surface area contributed by atoms with E-state index in [1.54, 1.807) is 19.1 Å². The Morgan fingerprint density at radius 2 is 1.72 bits per heavy atom. The van der Waals surface area contributed by atoms with Crippen LogP contribution in [-0.2, 0) is 14.8 Å². The van der Waals surface area contributed by atoms with Gasteiger partial charge in [0.15, 0.2) is 0 Å². The van der Waals surface area contributed by atoms with E-state index in [1.807, 2.05) is 0 Å². The Balaban J connectivity index is 2.56. The van der Waals surface area contributed by atoms with Crippen LogP contribution in [-0.4, -0.2) is 34.0 Å². The Kier molecular flexibility index (Phi) is 9.52. The Bertz CT molecular complexity index is 614. The number of nitrogens with one attached hydrogen (secondary N) is 2. The molecule has 2 N–H and O–H groups in total. The van der Waals surface area contributed by atoms with Crippen molar-refractivity contribution >= 4 is 15.9 Å². The minimum Gasteiger partial charge on any atom is -0.497 e. The molecule has 1 aromatic rings. The molecule has 0 aromatic heterocycles. The van der Waals surface area contributed by atoms with E-state index in [0.29, 0.717) is 18.7 Å². The van der Waals surface area contributed by atoms with Gasteiger partial charge in [0.2, 0.25) is 15.9 Å². The van der Waals surface area contributed by atoms with Gasteiger partial charge in [-0.2, -0.15) is 4.72 Å². The molecule has 7 heteroatoms. The predicted octanol–water partition coefficient (Wildman–Crippen LogP) is 2.84. The second-order valence-corrected chi connectivity index (χ2v) is 7.68. The van der Waals surface area contributed by atoms with Crippen LogP contribution in [0.2, 0.25) is 0 Å². The second kappa shape index (κ2) is 11.1. The van der Waals surface area contributed by atoms with Crippen LogP contribution < -0.4 is 14.8 Å². The molecule has 0 saturated carbocycles. The average Bonchev–Trinajstić information content (AvgIpc) is 2.62. The third kappa shape index (κ3) is 7.44. The van der Waals surface area contributed by atoms with Gasteiger partial charge in [-0.1, -0.05) is 39.5 Å². The number of methoxy groups -OCH3 is 1. The number of hydrogen-bond donors (Lipinski definition) is 2. The lowest BCUT2D eigenvalue weighted by Gasteiger charge is -2.17. The summed E-state index contributed by atoms with van der Waals surface area (Å²) in [6.45, 7) is 4.51. The van der Waals surface area contributed by atoms with Crippen LogP contribution in [0.4, 0.5) is 0 Å². The van der Waals surface area contributed by atoms with Crippen molar-refractivity contribution in [1.29, 1.82) is 0 Å². The Morgan fingerprint density at radius 3 is 2.28 bits per heavy atom. The number of hydrogen-bond acceptors (Lipinski definition) is 4. The number of sulfonamides is 1. The van der Waals surface area contributed by atoms with Crippen molar-refractivity contribution in [2.24, 2.45) is 0 Å². The highest BCUT2D eigenvalue weighted by Gasteiger charge is 2.24. The molecule has 0 aliphatic rings. The van der Waals surface area contributed by atoms with Crippen LogP contribution in [0.25, 0.3) is 0 Å². The van der Waals surface area contributed by atoms with Crippen LogP contribution in [0.1, 0.15) is 52.4 Å². The molecule has 0 radical (unpaired) electrons. The van der Waals surface area contributed by atoms with E-state index in [1.165, 1.54) is 32.1 Å². The molecule has 0 heterocycles. The van der Waals surface area contributed by atoms with E-state index in [4.69, 9.17) is 4.74 Å². The van der Waals surface area contributed by atoms with Crippen LogP contribution in [0.15, 0.2) is 29.2 Å². The summed E-state index contributed by atoms with van der Waals surface area (Å²) in [6.07, 6.45) is 5.91. The number of rotatable bonds is 12. The van der Waals surface area contributed by atoms with Gasteiger partial charge in [-0.25, -0.2) is 8.42 Å². The highest BCUT2D eigenvalue weighted by molar-refractivity contribution is 7.89. The highest BCUT2D eigenvalue weighted by atomic mass is 32.2. The molecule has 142 valence electrons. The van der Waals surface area contributed by atoms with E-state index in [-0.39, 0.29) is 10.8 Å². The fourth-order valence-corrected chi connectivity index (χ4v) is 3.67. The zero-order chi connectivity index (χ0) is 18.7. The smallest absolute Gasteiger partial charge is 0.241 e. The fraction of sp³-hybridized carbons (Fsp3) is 0.611. The molecule has 0 bridgehead atoms. The van der Waals surface area contributed by atoms with Crippen LogP contribution in [0.5, 0.6) is 5.75 Å². The molecule has 6 nitrogen and oxygen atoms in total. The average molecular weight is 371 g/mol. The molecule has 1 rings (SSSR count). The number of ether oxygens (including phenoxy) is 1. The SMILES string of the molecule is CCCCCCCNC(=O)[C@@H](CC)NS(=O)(=O)c1ccc(OC)cc1. The summed E-state index contributed by atoms with van der Waals surface area (Å²) in [6, 6.07) is 5.29. The van der Waals surface area contributed by atoms with E-state index in [2.05, 4.69) is 17.0 Å². The minimum absolute atomic E-state index is 0.110. The molecule has 0 saturated heterocycles. The topological polar surface area (TPSA) is 84.5 Å². The standard InChI is InChI=1S/C18H30N2O4S/c1-4-6-7-8-9-14-19-18(21)17(5-2)20-25(22,23)16-12-10-15(24-3)11-13-16/h10-13,17,20H,4-9,14H2,1-3H3,(H,19,21)/t17-/m1/s1. The first kappa shape index (κ1) is 21.4. The summed E-state index contributed by atoms with van der Waals surface area (Å²) in [5.74, 6) is 0.293. The Labute approximate surface area is 151 Å². The number of carbonyl (C=O) groups excluding carboxylic acids is 1. The van der Waals surface area contributed by atoms with Crippen molar-refractivity contribution in [1.82, 2.24) is 10.0 Å². The first-order chi connectivity index (χ1) is 11.9. The maximum Gasteiger partial charge on any atom is 0.241 e. The molecule has 1 amide bonds. The van der Waals surface area contributed by atoms with Gasteiger partial charge in [0.05, 0.1) is 12.0 Å². The molecular formula is C18H30N2O4S. The third-order valence-electron chi connectivity index (χ3n) is 3.97. The van der Waals surface area contributed by atoms with Gasteiger partial charge >= 0.3 is 0 Å². The maximum atomic E-state index is 12.4. The number of benzene rings is 1. The molecule has 0 spiro atoms. The first-order valence-corrected chi connectivity index (χ1v) is 10.4. The number of amides is 1. The predicted molar refractivity (Wildman–Crippen MR) is 99.2 cm³/mol. The van der Waals surface area contributed by atoms with Gasteiger partial charge in [-0.05, 0) is 37.1 Å². The third-order valence-corrected chi connectivity index (χ3v) is 5.46. The first-order valence-electron chi connectivity index (χ1n) is 8.88. The normalized spacial score (nSPS) is 12.6.